The van der Waals surface area contributed by atoms with Crippen LogP contribution in [0.3, 0.4) is 0 Å². The summed E-state index contributed by atoms with van der Waals surface area (Å²) in [6.45, 7) is 5.99. The van der Waals surface area contributed by atoms with Crippen LogP contribution in [0.1, 0.15) is 38.3 Å². The van der Waals surface area contributed by atoms with Gasteiger partial charge in [0.05, 0.1) is 20.1 Å². The molecule has 0 amide bonds. The van der Waals surface area contributed by atoms with Crippen molar-refractivity contribution in [3.05, 3.63) is 31.2 Å². The molecule has 0 aliphatic heterocycles. The number of hydrogen-bond donors (Lipinski definition) is 0. The minimum atomic E-state index is -1.80. The Kier molecular flexibility index (Phi) is 5.94. The lowest BCUT2D eigenvalue weighted by molar-refractivity contribution is 0.506. The highest BCUT2D eigenvalue weighted by Crippen LogP contribution is 2.53. The molecule has 0 heterocycles. The zero-order valence-corrected chi connectivity index (χ0v) is 15.6. The van der Waals surface area contributed by atoms with Gasteiger partial charge in [-0.05, 0) is 17.4 Å². The minimum absolute atomic E-state index is 0.103. The van der Waals surface area contributed by atoms with Crippen LogP contribution in [-0.2, 0) is 9.21 Å². The SMILES string of the molecule is CCC(C)(C)c1c(Cl)c(Cl)c(C(Cl)(Cl)Cl)c(Cl)c1Cl. The summed E-state index contributed by atoms with van der Waals surface area (Å²) in [5.41, 5.74) is 0.464. The van der Waals surface area contributed by atoms with Crippen molar-refractivity contribution in [1.29, 1.82) is 0 Å². The molecule has 0 fully saturated rings. The maximum Gasteiger partial charge on any atom is 0.219 e. The molecular weight excluding hydrogens is 392 g/mol. The molecule has 0 saturated heterocycles. The van der Waals surface area contributed by atoms with Crippen LogP contribution in [0.2, 0.25) is 20.1 Å². The van der Waals surface area contributed by atoms with Crippen LogP contribution in [-0.4, -0.2) is 0 Å². The molecule has 0 bridgehead atoms. The number of halogens is 7. The third kappa shape index (κ3) is 3.54. The van der Waals surface area contributed by atoms with Crippen molar-refractivity contribution in [2.45, 2.75) is 36.4 Å². The molecule has 108 valence electrons. The van der Waals surface area contributed by atoms with E-state index in [1.165, 1.54) is 0 Å². The molecule has 0 N–H and O–H groups in total. The van der Waals surface area contributed by atoms with Gasteiger partial charge in [0.25, 0.3) is 0 Å². The van der Waals surface area contributed by atoms with Crippen molar-refractivity contribution >= 4 is 81.2 Å². The Balaban J connectivity index is 3.77. The van der Waals surface area contributed by atoms with Crippen LogP contribution in [0.5, 0.6) is 0 Å². The zero-order valence-electron chi connectivity index (χ0n) is 10.4. The summed E-state index contributed by atoms with van der Waals surface area (Å²) < 4.78 is -1.80. The van der Waals surface area contributed by atoms with Gasteiger partial charge in [0.2, 0.25) is 3.79 Å². The van der Waals surface area contributed by atoms with Crippen LogP contribution in [0.4, 0.5) is 0 Å². The summed E-state index contributed by atoms with van der Waals surface area (Å²) in [5, 5.41) is 0.772. The summed E-state index contributed by atoms with van der Waals surface area (Å²) in [4.78, 5) is 0. The second-order valence-electron chi connectivity index (χ2n) is 4.74. The summed E-state index contributed by atoms with van der Waals surface area (Å²) in [7, 11) is 0. The van der Waals surface area contributed by atoms with Gasteiger partial charge >= 0.3 is 0 Å². The molecule has 0 aliphatic rings. The number of alkyl halides is 3. The van der Waals surface area contributed by atoms with E-state index in [-0.39, 0.29) is 31.1 Å². The molecular formula is C12H11Cl7. The standard InChI is InChI=1S/C12H11Cl7/c1-4-11(2,3)5-7(13)9(15)6(12(17,18)19)10(16)8(5)14/h4H2,1-3H3. The van der Waals surface area contributed by atoms with E-state index in [0.29, 0.717) is 5.56 Å². The van der Waals surface area contributed by atoms with Crippen LogP contribution in [0.15, 0.2) is 0 Å². The summed E-state index contributed by atoms with van der Waals surface area (Å²) in [5.74, 6) is 0. The second kappa shape index (κ2) is 6.16. The van der Waals surface area contributed by atoms with Crippen molar-refractivity contribution in [2.24, 2.45) is 0 Å². The van der Waals surface area contributed by atoms with E-state index in [1.807, 2.05) is 20.8 Å². The molecule has 0 spiro atoms. The van der Waals surface area contributed by atoms with Crippen LogP contribution in [0.25, 0.3) is 0 Å². The highest BCUT2D eigenvalue weighted by Gasteiger charge is 2.36. The van der Waals surface area contributed by atoms with E-state index < -0.39 is 3.79 Å². The first-order valence-corrected chi connectivity index (χ1v) is 8.03. The Morgan fingerprint density at radius 2 is 1.05 bits per heavy atom. The first-order chi connectivity index (χ1) is 8.45. The molecule has 0 aliphatic carbocycles. The molecule has 19 heavy (non-hydrogen) atoms. The van der Waals surface area contributed by atoms with Gasteiger partial charge in [-0.1, -0.05) is 102 Å². The first kappa shape index (κ1) is 18.3. The van der Waals surface area contributed by atoms with Crippen molar-refractivity contribution < 1.29 is 0 Å². The molecule has 0 radical (unpaired) electrons. The van der Waals surface area contributed by atoms with Crippen LogP contribution in [0, 0.1) is 0 Å². The van der Waals surface area contributed by atoms with Gasteiger partial charge in [0.1, 0.15) is 0 Å². The van der Waals surface area contributed by atoms with Crippen molar-refractivity contribution in [2.75, 3.05) is 0 Å². The maximum absolute atomic E-state index is 6.29. The predicted molar refractivity (Wildman–Crippen MR) is 89.0 cm³/mol. The molecule has 7 heteroatoms. The Morgan fingerprint density at radius 3 is 1.32 bits per heavy atom. The molecule has 0 atom stereocenters. The lowest BCUT2D eigenvalue weighted by Gasteiger charge is -2.29. The molecule has 0 saturated carbocycles. The monoisotopic (exact) mass is 400 g/mol. The van der Waals surface area contributed by atoms with Crippen LogP contribution < -0.4 is 0 Å². The fraction of sp³-hybridized carbons (Fsp3) is 0.500. The highest BCUT2D eigenvalue weighted by atomic mass is 35.6. The number of hydrogen-bond acceptors (Lipinski definition) is 0. The van der Waals surface area contributed by atoms with Gasteiger partial charge in [-0.15, -0.1) is 0 Å². The fourth-order valence-corrected chi connectivity index (χ4v) is 4.16. The van der Waals surface area contributed by atoms with Crippen LogP contribution >= 0.6 is 81.2 Å². The molecule has 0 aromatic heterocycles. The summed E-state index contributed by atoms with van der Waals surface area (Å²) in [6.07, 6.45) is 0.798. The van der Waals surface area contributed by atoms with Gasteiger partial charge in [0, 0.05) is 5.56 Å². The summed E-state index contributed by atoms with van der Waals surface area (Å²) >= 11 is 42.6. The molecule has 1 aromatic carbocycles. The average molecular weight is 403 g/mol. The fourth-order valence-electron chi connectivity index (χ4n) is 1.65. The Morgan fingerprint density at radius 1 is 0.737 bits per heavy atom. The molecule has 0 unspecified atom stereocenters. The topological polar surface area (TPSA) is 0 Å². The third-order valence-corrected chi connectivity index (χ3v) is 5.38. The predicted octanol–water partition coefficient (Wildman–Crippen LogP) is 7.81. The van der Waals surface area contributed by atoms with Gasteiger partial charge in [0.15, 0.2) is 0 Å². The normalized spacial score (nSPS) is 12.9. The van der Waals surface area contributed by atoms with Gasteiger partial charge in [-0.2, -0.15) is 0 Å². The van der Waals surface area contributed by atoms with Crippen molar-refractivity contribution in [3.8, 4) is 0 Å². The largest absolute Gasteiger partial charge is 0.219 e. The van der Waals surface area contributed by atoms with Gasteiger partial charge in [-0.25, -0.2) is 0 Å². The van der Waals surface area contributed by atoms with E-state index in [2.05, 4.69) is 0 Å². The number of benzene rings is 1. The lowest BCUT2D eigenvalue weighted by Crippen LogP contribution is -2.18. The average Bonchev–Trinajstić information content (AvgIpc) is 2.25. The van der Waals surface area contributed by atoms with E-state index in [1.54, 1.807) is 0 Å². The number of rotatable bonds is 2. The second-order valence-corrected chi connectivity index (χ2v) is 8.53. The van der Waals surface area contributed by atoms with E-state index in [4.69, 9.17) is 81.2 Å². The van der Waals surface area contributed by atoms with E-state index in [9.17, 15) is 0 Å². The molecule has 1 rings (SSSR count). The summed E-state index contributed by atoms with van der Waals surface area (Å²) in [6, 6.07) is 0. The maximum atomic E-state index is 6.29. The first-order valence-electron chi connectivity index (χ1n) is 5.38. The smallest absolute Gasteiger partial charge is 0.0823 e. The highest BCUT2D eigenvalue weighted by molar-refractivity contribution is 6.68. The molecule has 0 nitrogen and oxygen atoms in total. The Bertz CT molecular complexity index is 471. The Hall–Kier alpha value is 1.25. The molecule has 1 aromatic rings. The third-order valence-electron chi connectivity index (χ3n) is 3.11. The lowest BCUT2D eigenvalue weighted by atomic mass is 9.81. The quantitative estimate of drug-likeness (QED) is 0.349. The minimum Gasteiger partial charge on any atom is -0.0823 e. The van der Waals surface area contributed by atoms with Crippen molar-refractivity contribution in [3.63, 3.8) is 0 Å². The van der Waals surface area contributed by atoms with Gasteiger partial charge in [-0.3, -0.25) is 0 Å². The van der Waals surface area contributed by atoms with Crippen molar-refractivity contribution in [1.82, 2.24) is 0 Å². The zero-order chi connectivity index (χ0) is 15.2. The Labute approximate surface area is 148 Å². The van der Waals surface area contributed by atoms with Gasteiger partial charge < -0.3 is 0 Å². The van der Waals surface area contributed by atoms with E-state index >= 15 is 0 Å². The van der Waals surface area contributed by atoms with E-state index in [0.717, 1.165) is 6.42 Å².